The van der Waals surface area contributed by atoms with E-state index in [4.69, 9.17) is 9.84 Å². The Kier molecular flexibility index (Phi) is 7.71. The van der Waals surface area contributed by atoms with Crippen LogP contribution in [0.2, 0.25) is 0 Å². The first-order valence-electron chi connectivity index (χ1n) is 11.1. The third-order valence-corrected chi connectivity index (χ3v) is 5.96. The molecule has 4 N–H and O–H groups in total. The van der Waals surface area contributed by atoms with Crippen molar-refractivity contribution in [2.45, 2.75) is 50.7 Å². The molecule has 0 spiro atoms. The highest BCUT2D eigenvalue weighted by Gasteiger charge is 2.35. The second-order valence-corrected chi connectivity index (χ2v) is 8.43. The number of ether oxygens (including phenoxy) is 1. The normalized spacial score (nSPS) is 15.0. The topological polar surface area (TPSA) is 125 Å². The summed E-state index contributed by atoms with van der Waals surface area (Å²) in [7, 11) is 0. The molecule has 0 radical (unpaired) electrons. The number of aliphatic hydroxyl groups is 1. The van der Waals surface area contributed by atoms with E-state index in [1.165, 1.54) is 0 Å². The molecule has 0 heterocycles. The highest BCUT2D eigenvalue weighted by atomic mass is 16.5. The zero-order chi connectivity index (χ0) is 24.0. The summed E-state index contributed by atoms with van der Waals surface area (Å²) in [5.41, 5.74) is 3.21. The molecule has 2 unspecified atom stereocenters. The van der Waals surface area contributed by atoms with Gasteiger partial charge in [-0.2, -0.15) is 0 Å². The number of carboxylic acid groups (broad SMARTS) is 1. The van der Waals surface area contributed by atoms with Gasteiger partial charge >= 0.3 is 12.1 Å². The number of rotatable bonds is 10. The lowest BCUT2D eigenvalue weighted by atomic mass is 9.95. The molecule has 0 aromatic heterocycles. The van der Waals surface area contributed by atoms with Crippen LogP contribution in [-0.4, -0.2) is 53.0 Å². The number of carbonyl (C=O) groups is 3. The molecule has 33 heavy (non-hydrogen) atoms. The molecule has 2 aromatic rings. The molecular weight excluding hydrogens is 424 g/mol. The van der Waals surface area contributed by atoms with Gasteiger partial charge in [0.05, 0.1) is 0 Å². The van der Waals surface area contributed by atoms with Gasteiger partial charge in [-0.05, 0) is 35.6 Å². The SMILES string of the molecule is CCCC(C)(NC(=O)OCC1c2ccccc2-c2ccccc21)C(=O)NCCC(O)C(=O)O. The Labute approximate surface area is 193 Å². The first kappa shape index (κ1) is 24.3. The summed E-state index contributed by atoms with van der Waals surface area (Å²) in [5.74, 6) is -1.90. The highest BCUT2D eigenvalue weighted by Crippen LogP contribution is 2.44. The van der Waals surface area contributed by atoms with E-state index in [1.54, 1.807) is 6.92 Å². The fourth-order valence-electron chi connectivity index (χ4n) is 4.23. The molecule has 3 rings (SSSR count). The average Bonchev–Trinajstić information content (AvgIpc) is 3.11. The number of alkyl carbamates (subject to hydrolysis) is 1. The van der Waals surface area contributed by atoms with Crippen molar-refractivity contribution in [3.63, 3.8) is 0 Å². The molecule has 8 heteroatoms. The van der Waals surface area contributed by atoms with E-state index in [9.17, 15) is 19.5 Å². The van der Waals surface area contributed by atoms with Gasteiger partial charge < -0.3 is 25.6 Å². The van der Waals surface area contributed by atoms with E-state index >= 15 is 0 Å². The monoisotopic (exact) mass is 454 g/mol. The summed E-state index contributed by atoms with van der Waals surface area (Å²) < 4.78 is 5.56. The first-order valence-corrected chi connectivity index (χ1v) is 11.1. The maximum absolute atomic E-state index is 12.7. The van der Waals surface area contributed by atoms with E-state index in [1.807, 2.05) is 43.3 Å². The average molecular weight is 455 g/mol. The Morgan fingerprint density at radius 2 is 1.64 bits per heavy atom. The van der Waals surface area contributed by atoms with Crippen LogP contribution in [-0.2, 0) is 14.3 Å². The third-order valence-electron chi connectivity index (χ3n) is 5.96. The molecule has 2 amide bonds. The zero-order valence-corrected chi connectivity index (χ0v) is 18.8. The molecule has 2 aromatic carbocycles. The number of nitrogens with one attached hydrogen (secondary N) is 2. The minimum atomic E-state index is -1.56. The summed E-state index contributed by atoms with van der Waals surface area (Å²) in [6.07, 6.45) is -1.39. The fraction of sp³-hybridized carbons (Fsp3) is 0.400. The zero-order valence-electron chi connectivity index (χ0n) is 18.8. The summed E-state index contributed by atoms with van der Waals surface area (Å²) in [5, 5.41) is 23.4. The van der Waals surface area contributed by atoms with Crippen LogP contribution >= 0.6 is 0 Å². The molecule has 0 bridgehead atoms. The third kappa shape index (κ3) is 5.51. The molecule has 0 fully saturated rings. The molecule has 1 aliphatic rings. The molecule has 176 valence electrons. The van der Waals surface area contributed by atoms with Crippen molar-refractivity contribution >= 4 is 18.0 Å². The van der Waals surface area contributed by atoms with E-state index in [0.29, 0.717) is 12.8 Å². The Bertz CT molecular complexity index is 978. The van der Waals surface area contributed by atoms with Crippen molar-refractivity contribution in [2.24, 2.45) is 0 Å². The number of carbonyl (C=O) groups excluding carboxylic acids is 2. The van der Waals surface area contributed by atoms with Crippen molar-refractivity contribution in [3.05, 3.63) is 59.7 Å². The summed E-state index contributed by atoms with van der Waals surface area (Å²) in [4.78, 5) is 36.1. The van der Waals surface area contributed by atoms with Crippen LogP contribution < -0.4 is 10.6 Å². The Balaban J connectivity index is 1.62. The van der Waals surface area contributed by atoms with Gasteiger partial charge in [-0.3, -0.25) is 4.79 Å². The largest absolute Gasteiger partial charge is 0.479 e. The molecule has 0 aliphatic heterocycles. The van der Waals surface area contributed by atoms with Crippen LogP contribution in [0.3, 0.4) is 0 Å². The maximum Gasteiger partial charge on any atom is 0.408 e. The number of hydrogen-bond donors (Lipinski definition) is 4. The van der Waals surface area contributed by atoms with E-state index in [0.717, 1.165) is 22.3 Å². The van der Waals surface area contributed by atoms with E-state index in [-0.39, 0.29) is 25.5 Å². The predicted octanol–water partition coefficient (Wildman–Crippen LogP) is 3.04. The second-order valence-electron chi connectivity index (χ2n) is 8.43. The van der Waals surface area contributed by atoms with Gasteiger partial charge in [-0.1, -0.05) is 61.9 Å². The lowest BCUT2D eigenvalue weighted by Crippen LogP contribution is -2.57. The Morgan fingerprint density at radius 1 is 1.06 bits per heavy atom. The van der Waals surface area contributed by atoms with Crippen LogP contribution in [0.1, 0.15) is 50.2 Å². The second kappa shape index (κ2) is 10.5. The van der Waals surface area contributed by atoms with Gasteiger partial charge in [-0.15, -0.1) is 0 Å². The first-order chi connectivity index (χ1) is 15.8. The maximum atomic E-state index is 12.7. The number of amides is 2. The van der Waals surface area contributed by atoms with Crippen molar-refractivity contribution in [3.8, 4) is 11.1 Å². The number of hydrogen-bond acceptors (Lipinski definition) is 5. The molecule has 0 saturated carbocycles. The van der Waals surface area contributed by atoms with E-state index in [2.05, 4.69) is 22.8 Å². The smallest absolute Gasteiger partial charge is 0.408 e. The van der Waals surface area contributed by atoms with Gasteiger partial charge in [0.15, 0.2) is 6.10 Å². The molecule has 1 aliphatic carbocycles. The van der Waals surface area contributed by atoms with Crippen LogP contribution in [0, 0.1) is 0 Å². The predicted molar refractivity (Wildman–Crippen MR) is 123 cm³/mol. The lowest BCUT2D eigenvalue weighted by molar-refractivity contribution is -0.147. The minimum absolute atomic E-state index is 0.0298. The number of aliphatic hydroxyl groups excluding tert-OH is 1. The van der Waals surface area contributed by atoms with E-state index < -0.39 is 29.6 Å². The summed E-state index contributed by atoms with van der Waals surface area (Å²) >= 11 is 0. The Hall–Kier alpha value is -3.39. The fourth-order valence-corrected chi connectivity index (χ4v) is 4.23. The number of benzene rings is 2. The highest BCUT2D eigenvalue weighted by molar-refractivity contribution is 5.89. The number of aliphatic carboxylic acids is 1. The van der Waals surface area contributed by atoms with Crippen molar-refractivity contribution in [1.29, 1.82) is 0 Å². The molecule has 8 nitrogen and oxygen atoms in total. The van der Waals surface area contributed by atoms with Crippen molar-refractivity contribution in [1.82, 2.24) is 10.6 Å². The Morgan fingerprint density at radius 3 is 2.18 bits per heavy atom. The minimum Gasteiger partial charge on any atom is -0.479 e. The van der Waals surface area contributed by atoms with Gasteiger partial charge in [0, 0.05) is 18.9 Å². The number of carboxylic acids is 1. The van der Waals surface area contributed by atoms with Crippen LogP contribution in [0.25, 0.3) is 11.1 Å². The lowest BCUT2D eigenvalue weighted by Gasteiger charge is -2.29. The molecular formula is C25H30N2O6. The quantitative estimate of drug-likeness (QED) is 0.437. The van der Waals surface area contributed by atoms with Gasteiger partial charge in [0.2, 0.25) is 5.91 Å². The number of fused-ring (bicyclic) bond motifs is 3. The van der Waals surface area contributed by atoms with Gasteiger partial charge in [0.25, 0.3) is 0 Å². The van der Waals surface area contributed by atoms with Crippen LogP contribution in [0.5, 0.6) is 0 Å². The van der Waals surface area contributed by atoms with Crippen molar-refractivity contribution in [2.75, 3.05) is 13.2 Å². The van der Waals surface area contributed by atoms with Crippen LogP contribution in [0.4, 0.5) is 4.79 Å². The van der Waals surface area contributed by atoms with Crippen LogP contribution in [0.15, 0.2) is 48.5 Å². The standard InChI is InChI=1S/C25H30N2O6/c1-3-13-25(2,23(31)26-14-12-21(28)22(29)30)27-24(32)33-15-20-18-10-6-4-8-16(18)17-9-5-7-11-19(17)20/h4-11,20-21,28H,3,12-15H2,1-2H3,(H,26,31)(H,27,32)(H,29,30). The summed E-state index contributed by atoms with van der Waals surface area (Å²) in [6, 6.07) is 16.0. The molecule has 0 saturated heterocycles. The van der Waals surface area contributed by atoms with Crippen molar-refractivity contribution < 1.29 is 29.3 Å². The van der Waals surface area contributed by atoms with Gasteiger partial charge in [0.1, 0.15) is 12.1 Å². The molecule has 2 atom stereocenters. The summed E-state index contributed by atoms with van der Waals surface area (Å²) in [6.45, 7) is 3.59. The van der Waals surface area contributed by atoms with Gasteiger partial charge in [-0.25, -0.2) is 9.59 Å².